The maximum absolute atomic E-state index is 10.1. The van der Waals surface area contributed by atoms with Gasteiger partial charge in [-0.15, -0.1) is 21.7 Å². The fraction of sp³-hybridized carbons (Fsp3) is 1.00. The highest BCUT2D eigenvalue weighted by Gasteiger charge is 2.11. The zero-order valence-electron chi connectivity index (χ0n) is 10.7. The summed E-state index contributed by atoms with van der Waals surface area (Å²) in [5, 5.41) is 9.38. The zero-order chi connectivity index (χ0) is 12.9. The molecule has 0 spiro atoms. The third-order valence-electron chi connectivity index (χ3n) is 2.79. The Morgan fingerprint density at radius 2 is 1.65 bits per heavy atom. The molecule has 0 aromatic carbocycles. The van der Waals surface area contributed by atoms with Crippen molar-refractivity contribution in [3.63, 3.8) is 0 Å². The van der Waals surface area contributed by atoms with Gasteiger partial charge < -0.3 is 4.84 Å². The Balaban J connectivity index is 3.28. The van der Waals surface area contributed by atoms with E-state index >= 15 is 0 Å². The van der Waals surface area contributed by atoms with Crippen LogP contribution in [0.15, 0.2) is 0 Å². The van der Waals surface area contributed by atoms with Crippen molar-refractivity contribution in [1.82, 2.24) is 0 Å². The van der Waals surface area contributed by atoms with Gasteiger partial charge in [0.15, 0.2) is 0 Å². The molecule has 0 fully saturated rings. The molecule has 1 unspecified atom stereocenters. The van der Waals surface area contributed by atoms with E-state index in [1.54, 1.807) is 0 Å². The molecule has 0 aliphatic heterocycles. The smallest absolute Gasteiger partial charge is 0.294 e. The molecule has 5 heteroatoms. The molecule has 0 saturated heterocycles. The minimum Gasteiger partial charge on any atom is -0.309 e. The highest BCUT2D eigenvalue weighted by molar-refractivity contribution is 6.18. The lowest BCUT2D eigenvalue weighted by Gasteiger charge is -2.10. The van der Waals surface area contributed by atoms with Crippen LogP contribution >= 0.6 is 11.6 Å². The Morgan fingerprint density at radius 1 is 1.12 bits per heavy atom. The molecule has 0 aliphatic carbocycles. The second kappa shape index (κ2) is 12.0. The molecular weight excluding hydrogens is 242 g/mol. The molecule has 102 valence electrons. The molecule has 1 atom stereocenters. The van der Waals surface area contributed by atoms with Gasteiger partial charge in [0.25, 0.3) is 5.09 Å². The number of hydrogen-bond donors (Lipinski definition) is 0. The van der Waals surface area contributed by atoms with Crippen LogP contribution < -0.4 is 0 Å². The molecule has 0 aliphatic rings. The quantitative estimate of drug-likeness (QED) is 0.228. The highest BCUT2D eigenvalue weighted by Crippen LogP contribution is 2.12. The lowest BCUT2D eigenvalue weighted by atomic mass is 10.1. The van der Waals surface area contributed by atoms with E-state index in [4.69, 9.17) is 11.6 Å². The van der Waals surface area contributed by atoms with Crippen LogP contribution in [0.4, 0.5) is 0 Å². The van der Waals surface area contributed by atoms with Crippen molar-refractivity contribution in [1.29, 1.82) is 0 Å². The number of alkyl halides is 1. The van der Waals surface area contributed by atoms with Crippen LogP contribution in [0, 0.1) is 10.1 Å². The van der Waals surface area contributed by atoms with Gasteiger partial charge in [-0.25, -0.2) is 0 Å². The van der Waals surface area contributed by atoms with Gasteiger partial charge in [0.1, 0.15) is 6.10 Å². The van der Waals surface area contributed by atoms with E-state index in [0.717, 1.165) is 12.8 Å². The number of hydrogen-bond acceptors (Lipinski definition) is 3. The number of unbranched alkanes of at least 4 members (excludes halogenated alkanes) is 7. The van der Waals surface area contributed by atoms with Crippen LogP contribution in [0.3, 0.4) is 0 Å². The molecule has 0 saturated carbocycles. The normalized spacial score (nSPS) is 12.4. The zero-order valence-corrected chi connectivity index (χ0v) is 11.5. The maximum Gasteiger partial charge on any atom is 0.294 e. The minimum atomic E-state index is -0.752. The van der Waals surface area contributed by atoms with Crippen molar-refractivity contribution in [3.05, 3.63) is 10.1 Å². The minimum absolute atomic E-state index is 0.192. The largest absolute Gasteiger partial charge is 0.309 e. The molecule has 4 nitrogen and oxygen atoms in total. The van der Waals surface area contributed by atoms with E-state index in [2.05, 4.69) is 11.8 Å². The number of rotatable bonds is 12. The Morgan fingerprint density at radius 3 is 2.12 bits per heavy atom. The number of nitrogens with zero attached hydrogens (tertiary/aromatic N) is 1. The molecule has 0 rings (SSSR count). The van der Waals surface area contributed by atoms with Gasteiger partial charge in [-0.05, 0) is 6.42 Å². The van der Waals surface area contributed by atoms with Crippen molar-refractivity contribution < 1.29 is 9.92 Å². The standard InChI is InChI=1S/C12H24ClNO3/c1-2-3-4-5-6-7-8-9-10-12(11-13)17-14(15)16/h12H,2-11H2,1H3. The summed E-state index contributed by atoms with van der Waals surface area (Å²) in [6.45, 7) is 2.21. The Bertz CT molecular complexity index is 191. The van der Waals surface area contributed by atoms with E-state index in [0.29, 0.717) is 6.42 Å². The topological polar surface area (TPSA) is 52.4 Å². The summed E-state index contributed by atoms with van der Waals surface area (Å²) in [4.78, 5) is 14.6. The summed E-state index contributed by atoms with van der Waals surface area (Å²) in [6.07, 6.45) is 10.0. The summed E-state index contributed by atoms with van der Waals surface area (Å²) in [5.74, 6) is 0.192. The van der Waals surface area contributed by atoms with E-state index in [1.165, 1.54) is 38.5 Å². The molecule has 17 heavy (non-hydrogen) atoms. The molecule has 0 radical (unpaired) electrons. The van der Waals surface area contributed by atoms with E-state index in [1.807, 2.05) is 0 Å². The first-order valence-corrected chi connectivity index (χ1v) is 7.11. The first kappa shape index (κ1) is 16.5. The van der Waals surface area contributed by atoms with Crippen LogP contribution in [0.2, 0.25) is 0 Å². The van der Waals surface area contributed by atoms with Crippen molar-refractivity contribution in [3.8, 4) is 0 Å². The van der Waals surface area contributed by atoms with Gasteiger partial charge >= 0.3 is 0 Å². The highest BCUT2D eigenvalue weighted by atomic mass is 35.5. The second-order valence-electron chi connectivity index (χ2n) is 4.37. The Kier molecular flexibility index (Phi) is 11.6. The van der Waals surface area contributed by atoms with Gasteiger partial charge in [-0.1, -0.05) is 58.3 Å². The molecule has 0 bridgehead atoms. The monoisotopic (exact) mass is 265 g/mol. The Labute approximate surface area is 109 Å². The summed E-state index contributed by atoms with van der Waals surface area (Å²) in [6, 6.07) is 0. The van der Waals surface area contributed by atoms with Crippen molar-refractivity contribution in [2.24, 2.45) is 0 Å². The third-order valence-corrected chi connectivity index (χ3v) is 3.13. The van der Waals surface area contributed by atoms with Crippen LogP contribution in [0.25, 0.3) is 0 Å². The third kappa shape index (κ3) is 11.7. The lowest BCUT2D eigenvalue weighted by molar-refractivity contribution is -0.767. The van der Waals surface area contributed by atoms with E-state index in [9.17, 15) is 10.1 Å². The van der Waals surface area contributed by atoms with Crippen LogP contribution in [-0.2, 0) is 4.84 Å². The fourth-order valence-electron chi connectivity index (χ4n) is 1.79. The summed E-state index contributed by atoms with van der Waals surface area (Å²) < 4.78 is 0. The predicted molar refractivity (Wildman–Crippen MR) is 69.8 cm³/mol. The fourth-order valence-corrected chi connectivity index (χ4v) is 2.00. The molecule has 0 heterocycles. The summed E-state index contributed by atoms with van der Waals surface area (Å²) in [5.41, 5.74) is 0. The van der Waals surface area contributed by atoms with Crippen LogP contribution in [0.1, 0.15) is 64.7 Å². The van der Waals surface area contributed by atoms with Gasteiger partial charge in [0, 0.05) is 5.88 Å². The summed E-state index contributed by atoms with van der Waals surface area (Å²) >= 11 is 5.58. The van der Waals surface area contributed by atoms with Crippen LogP contribution in [-0.4, -0.2) is 17.1 Å². The van der Waals surface area contributed by atoms with Gasteiger partial charge in [-0.3, -0.25) is 0 Å². The Hall–Kier alpha value is -0.510. The average molecular weight is 266 g/mol. The second-order valence-corrected chi connectivity index (χ2v) is 4.68. The van der Waals surface area contributed by atoms with Gasteiger partial charge in [0.2, 0.25) is 0 Å². The summed E-state index contributed by atoms with van der Waals surface area (Å²) in [7, 11) is 0. The van der Waals surface area contributed by atoms with Crippen LogP contribution in [0.5, 0.6) is 0 Å². The lowest BCUT2D eigenvalue weighted by Crippen LogP contribution is -2.18. The van der Waals surface area contributed by atoms with Crippen molar-refractivity contribution in [2.75, 3.05) is 5.88 Å². The van der Waals surface area contributed by atoms with Crippen molar-refractivity contribution >= 4 is 11.6 Å². The first-order chi connectivity index (χ1) is 8.20. The maximum atomic E-state index is 10.1. The average Bonchev–Trinajstić information content (AvgIpc) is 2.30. The molecule has 0 amide bonds. The molecule has 0 aromatic rings. The van der Waals surface area contributed by atoms with Crippen molar-refractivity contribution in [2.45, 2.75) is 70.8 Å². The SMILES string of the molecule is CCCCCCCCCCC(CCl)O[N+](=O)[O-]. The molecule has 0 aromatic heterocycles. The van der Waals surface area contributed by atoms with E-state index < -0.39 is 11.2 Å². The first-order valence-electron chi connectivity index (χ1n) is 6.57. The molecule has 0 N–H and O–H groups in total. The molecular formula is C12H24ClNO3. The van der Waals surface area contributed by atoms with Gasteiger partial charge in [0.05, 0.1) is 0 Å². The number of halogens is 1. The predicted octanol–water partition coefficient (Wildman–Crippen LogP) is 4.33. The van der Waals surface area contributed by atoms with E-state index in [-0.39, 0.29) is 5.88 Å². The van der Waals surface area contributed by atoms with Gasteiger partial charge in [-0.2, -0.15) is 0 Å².